The van der Waals surface area contributed by atoms with Crippen LogP contribution in [0.2, 0.25) is 0 Å². The number of piperidine rings is 1. The number of Topliss-reactive ketones (excluding diaryl/α,β-unsaturated/α-hetero) is 1. The fraction of sp³-hybridized carbons (Fsp3) is 0.235. The second-order valence-electron chi connectivity index (χ2n) is 5.81. The van der Waals surface area contributed by atoms with Gasteiger partial charge in [0.25, 0.3) is 17.9 Å². The van der Waals surface area contributed by atoms with E-state index in [4.69, 9.17) is 0 Å². The van der Waals surface area contributed by atoms with Crippen molar-refractivity contribution in [3.05, 3.63) is 92.0 Å². The van der Waals surface area contributed by atoms with Gasteiger partial charge in [0.05, 0.1) is 0 Å². The number of carbonyl (C=O) groups excluding carboxylic acids is 1. The molecule has 1 saturated heterocycles. The molecule has 128 valence electrons. The van der Waals surface area contributed by atoms with Gasteiger partial charge in [-0.2, -0.15) is 0 Å². The number of benzene rings is 2. The number of carbonyl (C=O) groups is 1. The van der Waals surface area contributed by atoms with Crippen molar-refractivity contribution in [2.24, 2.45) is 0 Å². The minimum Gasteiger partial charge on any atom is -0.291 e. The van der Waals surface area contributed by atoms with E-state index in [9.17, 15) is 25.0 Å². The number of nitrogens with zero attached hydrogens (tertiary/aromatic N) is 2. The molecule has 4 atom stereocenters. The van der Waals surface area contributed by atoms with Crippen molar-refractivity contribution in [2.75, 3.05) is 0 Å². The Kier molecular flexibility index (Phi) is 4.53. The second kappa shape index (κ2) is 6.78. The smallest absolute Gasteiger partial charge is 0.291 e. The average molecular weight is 341 g/mol. The number of nitrogens with one attached hydrogen (secondary N) is 1. The Morgan fingerprint density at radius 2 is 1.08 bits per heavy atom. The highest BCUT2D eigenvalue weighted by molar-refractivity contribution is 5.89. The van der Waals surface area contributed by atoms with E-state index < -0.39 is 39.8 Å². The van der Waals surface area contributed by atoms with Gasteiger partial charge < -0.3 is 0 Å². The number of hydrogen-bond donors (Lipinski definition) is 1. The van der Waals surface area contributed by atoms with Gasteiger partial charge >= 0.3 is 0 Å². The summed E-state index contributed by atoms with van der Waals surface area (Å²) in [6.07, 6.45) is 0. The maximum Gasteiger partial charge on any atom is 0.296 e. The summed E-state index contributed by atoms with van der Waals surface area (Å²) >= 11 is 0. The van der Waals surface area contributed by atoms with E-state index in [1.165, 1.54) is 0 Å². The van der Waals surface area contributed by atoms with Crippen molar-refractivity contribution >= 4 is 5.78 Å². The van der Waals surface area contributed by atoms with Crippen LogP contribution in [0.4, 0.5) is 0 Å². The van der Waals surface area contributed by atoms with Gasteiger partial charge in [-0.1, -0.05) is 60.7 Å². The van der Waals surface area contributed by atoms with E-state index in [0.717, 1.165) is 0 Å². The van der Waals surface area contributed by atoms with Crippen molar-refractivity contribution in [1.82, 2.24) is 5.32 Å². The lowest BCUT2D eigenvalue weighted by molar-refractivity contribution is -0.544. The molecule has 2 aromatic carbocycles. The van der Waals surface area contributed by atoms with Gasteiger partial charge in [-0.25, -0.2) is 0 Å². The first kappa shape index (κ1) is 16.7. The SMILES string of the molecule is O=C1[C@H]([N+](=O)[O-])[C@H](c2ccccc2)N[C@@H](c2ccccc2)[C@H]1[N+](=O)[O-]. The van der Waals surface area contributed by atoms with Gasteiger partial charge in [-0.05, 0) is 11.1 Å². The molecule has 2 aromatic rings. The molecular formula is C17H15N3O5. The number of nitro groups is 2. The van der Waals surface area contributed by atoms with Crippen LogP contribution in [0, 0.1) is 20.2 Å². The minimum atomic E-state index is -1.71. The summed E-state index contributed by atoms with van der Waals surface area (Å²) in [5.74, 6) is -0.989. The van der Waals surface area contributed by atoms with Crippen LogP contribution in [0.3, 0.4) is 0 Å². The molecular weight excluding hydrogens is 326 g/mol. The van der Waals surface area contributed by atoms with Crippen molar-refractivity contribution in [3.63, 3.8) is 0 Å². The van der Waals surface area contributed by atoms with Crippen molar-refractivity contribution < 1.29 is 14.6 Å². The minimum absolute atomic E-state index is 0.542. The van der Waals surface area contributed by atoms with Gasteiger partial charge in [-0.15, -0.1) is 0 Å². The Hall–Kier alpha value is -3.13. The lowest BCUT2D eigenvalue weighted by atomic mass is 9.82. The highest BCUT2D eigenvalue weighted by atomic mass is 16.6. The number of rotatable bonds is 4. The third-order valence-corrected chi connectivity index (χ3v) is 4.35. The molecule has 25 heavy (non-hydrogen) atoms. The van der Waals surface area contributed by atoms with E-state index in [0.29, 0.717) is 11.1 Å². The summed E-state index contributed by atoms with van der Waals surface area (Å²) in [4.78, 5) is 34.1. The first-order valence-corrected chi connectivity index (χ1v) is 7.67. The maximum absolute atomic E-state index is 12.7. The van der Waals surface area contributed by atoms with Crippen LogP contribution in [0.25, 0.3) is 0 Å². The Morgan fingerprint density at radius 1 is 0.720 bits per heavy atom. The summed E-state index contributed by atoms with van der Waals surface area (Å²) < 4.78 is 0. The maximum atomic E-state index is 12.7. The van der Waals surface area contributed by atoms with E-state index >= 15 is 0 Å². The normalized spacial score (nSPS) is 26.2. The first-order chi connectivity index (χ1) is 12.0. The summed E-state index contributed by atoms with van der Waals surface area (Å²) in [7, 11) is 0. The third-order valence-electron chi connectivity index (χ3n) is 4.35. The highest BCUT2D eigenvalue weighted by Crippen LogP contribution is 2.34. The molecule has 0 aromatic heterocycles. The molecule has 1 heterocycles. The summed E-state index contributed by atoms with van der Waals surface area (Å²) in [5.41, 5.74) is 1.08. The van der Waals surface area contributed by atoms with Gasteiger partial charge in [0.2, 0.25) is 0 Å². The Morgan fingerprint density at radius 3 is 1.40 bits per heavy atom. The fourth-order valence-corrected chi connectivity index (χ4v) is 3.21. The molecule has 1 aliphatic rings. The lowest BCUT2D eigenvalue weighted by Gasteiger charge is -2.33. The van der Waals surface area contributed by atoms with E-state index in [-0.39, 0.29) is 0 Å². The molecule has 8 heteroatoms. The fourth-order valence-electron chi connectivity index (χ4n) is 3.21. The quantitative estimate of drug-likeness (QED) is 0.671. The van der Waals surface area contributed by atoms with Gasteiger partial charge in [0.1, 0.15) is 12.1 Å². The van der Waals surface area contributed by atoms with E-state index in [1.807, 2.05) is 0 Å². The summed E-state index contributed by atoms with van der Waals surface area (Å²) in [6, 6.07) is 11.7. The van der Waals surface area contributed by atoms with Crippen LogP contribution in [-0.2, 0) is 4.79 Å². The Balaban J connectivity index is 2.09. The average Bonchev–Trinajstić information content (AvgIpc) is 2.61. The lowest BCUT2D eigenvalue weighted by Crippen LogP contribution is -2.59. The zero-order valence-corrected chi connectivity index (χ0v) is 13.0. The van der Waals surface area contributed by atoms with E-state index in [2.05, 4.69) is 5.32 Å². The molecule has 0 radical (unpaired) electrons. The van der Waals surface area contributed by atoms with Crippen molar-refractivity contribution in [3.8, 4) is 0 Å². The van der Waals surface area contributed by atoms with Crippen molar-refractivity contribution in [2.45, 2.75) is 24.2 Å². The Labute approximate surface area is 142 Å². The first-order valence-electron chi connectivity index (χ1n) is 7.67. The molecule has 0 spiro atoms. The van der Waals surface area contributed by atoms with Crippen LogP contribution >= 0.6 is 0 Å². The van der Waals surface area contributed by atoms with Gasteiger partial charge in [0, 0.05) is 9.85 Å². The third kappa shape index (κ3) is 3.11. The molecule has 0 aliphatic carbocycles. The molecule has 3 rings (SSSR count). The van der Waals surface area contributed by atoms with Crippen molar-refractivity contribution in [1.29, 1.82) is 0 Å². The van der Waals surface area contributed by atoms with Gasteiger partial charge in [-0.3, -0.25) is 30.3 Å². The topological polar surface area (TPSA) is 115 Å². The van der Waals surface area contributed by atoms with Gasteiger partial charge in [0.15, 0.2) is 0 Å². The number of hydrogen-bond acceptors (Lipinski definition) is 6. The monoisotopic (exact) mass is 341 g/mol. The second-order valence-corrected chi connectivity index (χ2v) is 5.81. The molecule has 1 aliphatic heterocycles. The Bertz CT molecular complexity index is 731. The molecule has 0 bridgehead atoms. The molecule has 0 unspecified atom stereocenters. The molecule has 8 nitrogen and oxygen atoms in total. The van der Waals surface area contributed by atoms with Crippen LogP contribution in [0.1, 0.15) is 23.2 Å². The zero-order valence-electron chi connectivity index (χ0n) is 13.0. The highest BCUT2D eigenvalue weighted by Gasteiger charge is 2.57. The zero-order chi connectivity index (χ0) is 18.0. The molecule has 1 N–H and O–H groups in total. The molecule has 1 fully saturated rings. The number of ketones is 1. The summed E-state index contributed by atoms with van der Waals surface area (Å²) in [6.45, 7) is 0. The largest absolute Gasteiger partial charge is 0.296 e. The van der Waals surface area contributed by atoms with Crippen LogP contribution in [0.15, 0.2) is 60.7 Å². The van der Waals surface area contributed by atoms with Crippen LogP contribution < -0.4 is 5.32 Å². The molecule has 0 amide bonds. The standard InChI is InChI=1S/C17H15N3O5/c21-17-15(19(22)23)13(11-7-3-1-4-8-11)18-14(16(17)20(24)25)12-9-5-2-6-10-12/h1-10,13-16,18H/t13-,14-,15+,16+/m0/s1. The predicted molar refractivity (Wildman–Crippen MR) is 88.1 cm³/mol. The van der Waals surface area contributed by atoms with Crippen LogP contribution in [0.5, 0.6) is 0 Å². The summed E-state index contributed by atoms with van der Waals surface area (Å²) in [5, 5.41) is 25.9. The van der Waals surface area contributed by atoms with Crippen LogP contribution in [-0.4, -0.2) is 27.7 Å². The van der Waals surface area contributed by atoms with E-state index in [1.54, 1.807) is 60.7 Å². The predicted octanol–water partition coefficient (Wildman–Crippen LogP) is 1.93. The molecule has 0 saturated carbocycles.